The first-order valence-corrected chi connectivity index (χ1v) is 5.42. The molecule has 0 fully saturated rings. The number of pyridine rings is 1. The average Bonchev–Trinajstić information content (AvgIpc) is 2.35. The van der Waals surface area contributed by atoms with Crippen molar-refractivity contribution in [2.24, 2.45) is 0 Å². The van der Waals surface area contributed by atoms with Gasteiger partial charge in [0.2, 0.25) is 0 Å². The monoisotopic (exact) mass is 248 g/mol. The third kappa shape index (κ3) is 2.38. The molecule has 94 valence electrons. The minimum atomic E-state index is -0.605. The van der Waals surface area contributed by atoms with Gasteiger partial charge in [-0.1, -0.05) is 0 Å². The molecule has 6 heteroatoms. The van der Waals surface area contributed by atoms with Crippen LogP contribution in [0.4, 0.5) is 5.69 Å². The lowest BCUT2D eigenvalue weighted by Gasteiger charge is -2.10. The number of aliphatic hydroxyl groups excluding tert-OH is 1. The van der Waals surface area contributed by atoms with Gasteiger partial charge in [-0.3, -0.25) is 10.1 Å². The molecule has 6 nitrogen and oxygen atoms in total. The molecule has 0 aliphatic heterocycles. The Morgan fingerprint density at radius 3 is 2.94 bits per heavy atom. The summed E-state index contributed by atoms with van der Waals surface area (Å²) >= 11 is 0. The second kappa shape index (κ2) is 4.97. The van der Waals surface area contributed by atoms with Crippen molar-refractivity contribution in [3.8, 4) is 5.75 Å². The highest BCUT2D eigenvalue weighted by Gasteiger charge is 2.16. The van der Waals surface area contributed by atoms with Gasteiger partial charge in [-0.25, -0.2) is 4.98 Å². The van der Waals surface area contributed by atoms with Crippen LogP contribution in [0.1, 0.15) is 6.92 Å². The van der Waals surface area contributed by atoms with E-state index in [-0.39, 0.29) is 17.8 Å². The molecule has 0 aliphatic carbocycles. The van der Waals surface area contributed by atoms with Crippen LogP contribution in [0.25, 0.3) is 10.9 Å². The molecule has 1 atom stereocenters. The van der Waals surface area contributed by atoms with Crippen LogP contribution in [0.5, 0.6) is 5.75 Å². The van der Waals surface area contributed by atoms with E-state index in [9.17, 15) is 15.2 Å². The first-order chi connectivity index (χ1) is 8.59. The summed E-state index contributed by atoms with van der Waals surface area (Å²) in [7, 11) is 0. The van der Waals surface area contributed by atoms with Crippen molar-refractivity contribution in [3.05, 3.63) is 40.6 Å². The summed E-state index contributed by atoms with van der Waals surface area (Å²) < 4.78 is 5.40. The molecule has 1 heterocycles. The van der Waals surface area contributed by atoms with Gasteiger partial charge in [-0.05, 0) is 25.1 Å². The normalized spacial score (nSPS) is 12.3. The summed E-state index contributed by atoms with van der Waals surface area (Å²) in [5.74, 6) is 0.476. The van der Waals surface area contributed by atoms with Crippen molar-refractivity contribution < 1.29 is 14.8 Å². The topological polar surface area (TPSA) is 85.5 Å². The molecule has 18 heavy (non-hydrogen) atoms. The highest BCUT2D eigenvalue weighted by atomic mass is 16.6. The summed E-state index contributed by atoms with van der Waals surface area (Å²) in [6, 6.07) is 6.26. The maximum absolute atomic E-state index is 10.9. The van der Waals surface area contributed by atoms with Gasteiger partial charge in [0.25, 0.3) is 5.69 Å². The number of aromatic nitrogens is 1. The smallest absolute Gasteiger partial charge is 0.295 e. The van der Waals surface area contributed by atoms with E-state index in [1.807, 2.05) is 0 Å². The fourth-order valence-corrected chi connectivity index (χ4v) is 1.62. The number of benzene rings is 1. The number of fused-ring (bicyclic) bond motifs is 1. The zero-order chi connectivity index (χ0) is 13.1. The van der Waals surface area contributed by atoms with Crippen LogP contribution < -0.4 is 4.74 Å². The Labute approximate surface area is 103 Å². The highest BCUT2D eigenvalue weighted by molar-refractivity contribution is 5.91. The van der Waals surface area contributed by atoms with Crippen molar-refractivity contribution in [2.45, 2.75) is 13.0 Å². The molecule has 1 aromatic heterocycles. The highest BCUT2D eigenvalue weighted by Crippen LogP contribution is 2.31. The molecule has 1 unspecified atom stereocenters. The molecule has 0 bridgehead atoms. The van der Waals surface area contributed by atoms with Gasteiger partial charge in [-0.15, -0.1) is 0 Å². The Kier molecular flexibility index (Phi) is 3.38. The Bertz CT molecular complexity index is 583. The molecule has 2 aromatic rings. The number of nitrogens with zero attached hydrogens (tertiary/aromatic N) is 2. The number of hydrogen-bond donors (Lipinski definition) is 1. The third-order valence-electron chi connectivity index (χ3n) is 2.39. The van der Waals surface area contributed by atoms with E-state index in [2.05, 4.69) is 4.98 Å². The summed E-state index contributed by atoms with van der Waals surface area (Å²) in [4.78, 5) is 14.4. The molecule has 0 amide bonds. The van der Waals surface area contributed by atoms with Crippen LogP contribution >= 0.6 is 0 Å². The van der Waals surface area contributed by atoms with Gasteiger partial charge >= 0.3 is 0 Å². The van der Waals surface area contributed by atoms with Gasteiger partial charge < -0.3 is 9.84 Å². The van der Waals surface area contributed by atoms with Gasteiger partial charge in [-0.2, -0.15) is 0 Å². The van der Waals surface area contributed by atoms with E-state index in [4.69, 9.17) is 4.74 Å². The number of nitro groups is 1. The number of nitro benzene ring substituents is 1. The number of aliphatic hydroxyl groups is 1. The van der Waals surface area contributed by atoms with E-state index < -0.39 is 11.0 Å². The average molecular weight is 248 g/mol. The molecule has 0 saturated heterocycles. The first kappa shape index (κ1) is 12.3. The molecule has 1 N–H and O–H groups in total. The quantitative estimate of drug-likeness (QED) is 0.659. The molecule has 0 saturated carbocycles. The summed E-state index contributed by atoms with van der Waals surface area (Å²) in [5.41, 5.74) is 0.223. The number of non-ortho nitro benzene ring substituents is 1. The van der Waals surface area contributed by atoms with Crippen molar-refractivity contribution in [1.29, 1.82) is 0 Å². The molecule has 2 rings (SSSR count). The molecular formula is C12H12N2O4. The van der Waals surface area contributed by atoms with Crippen LogP contribution in [0, 0.1) is 10.1 Å². The van der Waals surface area contributed by atoms with Crippen molar-refractivity contribution in [2.75, 3.05) is 6.61 Å². The lowest BCUT2D eigenvalue weighted by Crippen LogP contribution is -2.13. The Morgan fingerprint density at radius 1 is 1.50 bits per heavy atom. The summed E-state index contributed by atoms with van der Waals surface area (Å²) in [5, 5.41) is 20.6. The largest absolute Gasteiger partial charge is 0.490 e. The van der Waals surface area contributed by atoms with Crippen molar-refractivity contribution >= 4 is 16.6 Å². The van der Waals surface area contributed by atoms with Crippen LogP contribution in [-0.2, 0) is 0 Å². The van der Waals surface area contributed by atoms with Crippen LogP contribution in [0.3, 0.4) is 0 Å². The predicted octanol–water partition coefficient (Wildman–Crippen LogP) is 1.90. The van der Waals surface area contributed by atoms with E-state index in [0.717, 1.165) is 0 Å². The van der Waals surface area contributed by atoms with Gasteiger partial charge in [0.1, 0.15) is 12.4 Å². The SMILES string of the molecule is CC(O)COc1ccc([N+](=O)[O-])c2ncccc12. The fraction of sp³-hybridized carbons (Fsp3) is 0.250. The standard InChI is InChI=1S/C12H12N2O4/c1-8(15)7-18-11-5-4-10(14(16)17)12-9(11)3-2-6-13-12/h2-6,8,15H,7H2,1H3. The third-order valence-corrected chi connectivity index (χ3v) is 2.39. The van der Waals surface area contributed by atoms with Crippen LogP contribution in [-0.4, -0.2) is 27.7 Å². The van der Waals surface area contributed by atoms with Crippen LogP contribution in [0.15, 0.2) is 30.5 Å². The zero-order valence-corrected chi connectivity index (χ0v) is 9.74. The van der Waals surface area contributed by atoms with Crippen LogP contribution in [0.2, 0.25) is 0 Å². The fourth-order valence-electron chi connectivity index (χ4n) is 1.62. The second-order valence-corrected chi connectivity index (χ2v) is 3.90. The Morgan fingerprint density at radius 2 is 2.28 bits per heavy atom. The second-order valence-electron chi connectivity index (χ2n) is 3.90. The number of ether oxygens (including phenoxy) is 1. The lowest BCUT2D eigenvalue weighted by molar-refractivity contribution is -0.383. The maximum Gasteiger partial charge on any atom is 0.295 e. The Balaban J connectivity index is 2.50. The van der Waals surface area contributed by atoms with Gasteiger partial charge in [0.05, 0.1) is 11.0 Å². The minimum Gasteiger partial charge on any atom is -0.490 e. The van der Waals surface area contributed by atoms with E-state index in [1.54, 1.807) is 19.1 Å². The lowest BCUT2D eigenvalue weighted by atomic mass is 10.1. The first-order valence-electron chi connectivity index (χ1n) is 5.42. The van der Waals surface area contributed by atoms with E-state index in [0.29, 0.717) is 11.1 Å². The molecule has 0 radical (unpaired) electrons. The molecule has 0 spiro atoms. The van der Waals surface area contributed by atoms with Gasteiger partial charge in [0.15, 0.2) is 5.52 Å². The van der Waals surface area contributed by atoms with E-state index >= 15 is 0 Å². The van der Waals surface area contributed by atoms with Crippen molar-refractivity contribution in [3.63, 3.8) is 0 Å². The van der Waals surface area contributed by atoms with Crippen molar-refractivity contribution in [1.82, 2.24) is 4.98 Å². The Hall–Kier alpha value is -2.21. The number of rotatable bonds is 4. The summed E-state index contributed by atoms with van der Waals surface area (Å²) in [6.07, 6.45) is 0.889. The molecule has 1 aromatic carbocycles. The molecular weight excluding hydrogens is 236 g/mol. The minimum absolute atomic E-state index is 0.0602. The van der Waals surface area contributed by atoms with Gasteiger partial charge in [0, 0.05) is 17.6 Å². The number of hydrogen-bond acceptors (Lipinski definition) is 5. The summed E-state index contributed by atoms with van der Waals surface area (Å²) in [6.45, 7) is 1.73. The predicted molar refractivity (Wildman–Crippen MR) is 65.6 cm³/mol. The van der Waals surface area contributed by atoms with E-state index in [1.165, 1.54) is 18.3 Å². The molecule has 0 aliphatic rings. The maximum atomic E-state index is 10.9. The zero-order valence-electron chi connectivity index (χ0n) is 9.74.